The number of amides is 1. The summed E-state index contributed by atoms with van der Waals surface area (Å²) >= 11 is 1.30. The lowest BCUT2D eigenvalue weighted by atomic mass is 10.1. The molecular formula is C15H16N2O4S. The van der Waals surface area contributed by atoms with Crippen molar-refractivity contribution in [2.45, 2.75) is 19.4 Å². The maximum absolute atomic E-state index is 12.6. The van der Waals surface area contributed by atoms with Crippen molar-refractivity contribution in [3.63, 3.8) is 0 Å². The first-order chi connectivity index (χ1) is 10.6. The summed E-state index contributed by atoms with van der Waals surface area (Å²) in [7, 11) is 0. The van der Waals surface area contributed by atoms with Gasteiger partial charge < -0.3 is 14.1 Å². The van der Waals surface area contributed by atoms with E-state index in [1.165, 1.54) is 17.8 Å². The van der Waals surface area contributed by atoms with Gasteiger partial charge in [0.2, 0.25) is 0 Å². The van der Waals surface area contributed by atoms with Crippen LogP contribution in [-0.2, 0) is 4.74 Å². The highest BCUT2D eigenvalue weighted by atomic mass is 32.1. The van der Waals surface area contributed by atoms with Crippen LogP contribution in [0.1, 0.15) is 32.3 Å². The van der Waals surface area contributed by atoms with E-state index in [0.717, 1.165) is 4.88 Å². The molecule has 22 heavy (non-hydrogen) atoms. The number of Topliss-reactive ketones (excluding diaryl/α,β-unsaturated/α-hetero) is 1. The molecule has 1 saturated heterocycles. The number of hydrogen-bond donors (Lipinski definition) is 0. The second-order valence-corrected chi connectivity index (χ2v) is 6.16. The largest absolute Gasteiger partial charge is 0.461 e. The van der Waals surface area contributed by atoms with E-state index < -0.39 is 0 Å². The first-order valence-electron chi connectivity index (χ1n) is 7.04. The van der Waals surface area contributed by atoms with Crippen LogP contribution in [0.2, 0.25) is 0 Å². The standard InChI is InChI=1S/C15H16N2O4S/c1-10-7-12(16-22-10)15(19)17-4-6-20-9-11(17)8-13(18)14-3-2-5-21-14/h2-3,5,7,11H,4,6,8-9H2,1H3/t11-/m0/s1. The molecule has 0 aromatic carbocycles. The molecule has 0 unspecified atom stereocenters. The van der Waals surface area contributed by atoms with E-state index in [0.29, 0.717) is 31.2 Å². The Morgan fingerprint density at radius 3 is 3.05 bits per heavy atom. The predicted molar refractivity (Wildman–Crippen MR) is 80.2 cm³/mol. The van der Waals surface area contributed by atoms with E-state index in [4.69, 9.17) is 9.15 Å². The van der Waals surface area contributed by atoms with Crippen molar-refractivity contribution in [2.75, 3.05) is 19.8 Å². The quantitative estimate of drug-likeness (QED) is 0.807. The average Bonchev–Trinajstić information content (AvgIpc) is 3.18. The number of morpholine rings is 1. The molecule has 6 nitrogen and oxygen atoms in total. The third kappa shape index (κ3) is 3.10. The zero-order chi connectivity index (χ0) is 15.5. The van der Waals surface area contributed by atoms with Gasteiger partial charge in [0.25, 0.3) is 5.91 Å². The normalized spacial score (nSPS) is 18.4. The number of hydrogen-bond acceptors (Lipinski definition) is 6. The Morgan fingerprint density at radius 1 is 1.50 bits per heavy atom. The molecule has 1 aliphatic rings. The van der Waals surface area contributed by atoms with E-state index in [9.17, 15) is 9.59 Å². The summed E-state index contributed by atoms with van der Waals surface area (Å²) in [6, 6.07) is 4.78. The van der Waals surface area contributed by atoms with Gasteiger partial charge >= 0.3 is 0 Å². The van der Waals surface area contributed by atoms with Crippen molar-refractivity contribution in [1.82, 2.24) is 9.27 Å². The van der Waals surface area contributed by atoms with Crippen molar-refractivity contribution in [3.8, 4) is 0 Å². The van der Waals surface area contributed by atoms with Crippen LogP contribution in [0.4, 0.5) is 0 Å². The molecule has 7 heteroatoms. The van der Waals surface area contributed by atoms with Crippen LogP contribution in [0.15, 0.2) is 28.9 Å². The fraction of sp³-hybridized carbons (Fsp3) is 0.400. The zero-order valence-electron chi connectivity index (χ0n) is 12.2. The Hall–Kier alpha value is -1.99. The third-order valence-corrected chi connectivity index (χ3v) is 4.25. The monoisotopic (exact) mass is 320 g/mol. The minimum absolute atomic E-state index is 0.132. The van der Waals surface area contributed by atoms with Crippen LogP contribution < -0.4 is 0 Å². The van der Waals surface area contributed by atoms with Gasteiger partial charge in [0.15, 0.2) is 11.5 Å². The topological polar surface area (TPSA) is 72.6 Å². The minimum Gasteiger partial charge on any atom is -0.461 e. The maximum atomic E-state index is 12.6. The lowest BCUT2D eigenvalue weighted by molar-refractivity contribution is -0.00327. The van der Waals surface area contributed by atoms with Crippen LogP contribution >= 0.6 is 11.5 Å². The van der Waals surface area contributed by atoms with E-state index in [-0.39, 0.29) is 24.2 Å². The molecule has 1 amide bonds. The SMILES string of the molecule is Cc1cc(C(=O)N2CCOC[C@@H]2CC(=O)c2ccco2)ns1. The van der Waals surface area contributed by atoms with E-state index in [2.05, 4.69) is 4.37 Å². The number of ether oxygens (including phenoxy) is 1. The number of carbonyl (C=O) groups is 2. The fourth-order valence-electron chi connectivity index (χ4n) is 2.46. The Labute approximate surface area is 131 Å². The smallest absolute Gasteiger partial charge is 0.273 e. The van der Waals surface area contributed by atoms with E-state index in [1.807, 2.05) is 6.92 Å². The average molecular weight is 320 g/mol. The molecule has 0 spiro atoms. The first kappa shape index (κ1) is 14.9. The lowest BCUT2D eigenvalue weighted by Gasteiger charge is -2.34. The number of rotatable bonds is 4. The highest BCUT2D eigenvalue weighted by molar-refractivity contribution is 7.05. The Kier molecular flexibility index (Phi) is 4.35. The highest BCUT2D eigenvalue weighted by Crippen LogP contribution is 2.18. The Morgan fingerprint density at radius 2 is 2.36 bits per heavy atom. The fourth-order valence-corrected chi connectivity index (χ4v) is 2.99. The molecular weight excluding hydrogens is 304 g/mol. The van der Waals surface area contributed by atoms with Crippen LogP contribution in [0, 0.1) is 6.92 Å². The molecule has 1 fully saturated rings. The Balaban J connectivity index is 1.73. The van der Waals surface area contributed by atoms with Gasteiger partial charge in [-0.3, -0.25) is 9.59 Å². The van der Waals surface area contributed by atoms with Crippen molar-refractivity contribution in [1.29, 1.82) is 0 Å². The second kappa shape index (κ2) is 6.41. The molecule has 0 radical (unpaired) electrons. The van der Waals surface area contributed by atoms with Gasteiger partial charge in [0, 0.05) is 17.8 Å². The second-order valence-electron chi connectivity index (χ2n) is 5.15. The maximum Gasteiger partial charge on any atom is 0.273 e. The zero-order valence-corrected chi connectivity index (χ0v) is 13.0. The van der Waals surface area contributed by atoms with Crippen LogP contribution in [0.5, 0.6) is 0 Å². The van der Waals surface area contributed by atoms with Crippen LogP contribution in [0.25, 0.3) is 0 Å². The summed E-state index contributed by atoms with van der Waals surface area (Å²) in [6.45, 7) is 3.19. The highest BCUT2D eigenvalue weighted by Gasteiger charge is 2.31. The van der Waals surface area contributed by atoms with Crippen LogP contribution in [0.3, 0.4) is 0 Å². The summed E-state index contributed by atoms with van der Waals surface area (Å²) in [5, 5.41) is 0. The van der Waals surface area contributed by atoms with Gasteiger partial charge in [0.05, 0.1) is 25.5 Å². The van der Waals surface area contributed by atoms with Gasteiger partial charge in [-0.2, -0.15) is 4.37 Å². The van der Waals surface area contributed by atoms with Gasteiger partial charge in [-0.15, -0.1) is 0 Å². The minimum atomic E-state index is -0.291. The molecule has 1 aliphatic heterocycles. The van der Waals surface area contributed by atoms with Crippen molar-refractivity contribution in [2.24, 2.45) is 0 Å². The first-order valence-corrected chi connectivity index (χ1v) is 7.81. The molecule has 0 N–H and O–H groups in total. The molecule has 116 valence electrons. The van der Waals surface area contributed by atoms with Gasteiger partial charge in [0.1, 0.15) is 5.69 Å². The summed E-state index contributed by atoms with van der Waals surface area (Å²) in [6.07, 6.45) is 1.65. The van der Waals surface area contributed by atoms with Crippen molar-refractivity contribution >= 4 is 23.2 Å². The van der Waals surface area contributed by atoms with Gasteiger partial charge in [-0.05, 0) is 36.7 Å². The number of carbonyl (C=O) groups excluding carboxylic acids is 2. The molecule has 3 heterocycles. The van der Waals surface area contributed by atoms with E-state index >= 15 is 0 Å². The summed E-state index contributed by atoms with van der Waals surface area (Å²) in [4.78, 5) is 27.4. The molecule has 0 saturated carbocycles. The molecule has 2 aromatic rings. The molecule has 0 aliphatic carbocycles. The Bertz CT molecular complexity index is 665. The number of aryl methyl sites for hydroxylation is 1. The summed E-state index contributed by atoms with van der Waals surface area (Å²) < 4.78 is 14.7. The number of nitrogens with zero attached hydrogens (tertiary/aromatic N) is 2. The summed E-state index contributed by atoms with van der Waals surface area (Å²) in [5.41, 5.74) is 0.430. The molecule has 3 rings (SSSR count). The predicted octanol–water partition coefficient (Wildman–Crippen LogP) is 2.16. The van der Waals surface area contributed by atoms with Crippen molar-refractivity contribution < 1.29 is 18.7 Å². The lowest BCUT2D eigenvalue weighted by Crippen LogP contribution is -2.49. The van der Waals surface area contributed by atoms with Crippen LogP contribution in [-0.4, -0.2) is 46.8 Å². The van der Waals surface area contributed by atoms with E-state index in [1.54, 1.807) is 23.1 Å². The number of furan rings is 1. The van der Waals surface area contributed by atoms with Gasteiger partial charge in [-0.1, -0.05) is 0 Å². The number of aromatic nitrogens is 1. The van der Waals surface area contributed by atoms with Crippen molar-refractivity contribution in [3.05, 3.63) is 40.8 Å². The third-order valence-electron chi connectivity index (χ3n) is 3.55. The number of ketones is 1. The molecule has 0 bridgehead atoms. The molecule has 2 aromatic heterocycles. The summed E-state index contributed by atoms with van der Waals surface area (Å²) in [5.74, 6) is 0.0279. The van der Waals surface area contributed by atoms with Gasteiger partial charge in [-0.25, -0.2) is 0 Å². The molecule has 1 atom stereocenters.